The number of benzene rings is 4. The van der Waals surface area contributed by atoms with Crippen molar-refractivity contribution in [1.82, 2.24) is 9.97 Å². The molecular weight excluding hydrogens is 933 g/mol. The summed E-state index contributed by atoms with van der Waals surface area (Å²) in [6, 6.07) is 28.4. The summed E-state index contributed by atoms with van der Waals surface area (Å²) in [5.74, 6) is -4.85. The van der Waals surface area contributed by atoms with Gasteiger partial charge in [-0.1, -0.05) is 142 Å². The SMILES string of the molecule is CCOC(=O)c1sc(NCC(Cc2ccccc2)C(=O)O)nc1-c1ccc(Cl)c(Cl)c1.O=C(O)c1sc(NCC(Cc2ccccc2)C(=O)O)nc1-c1ccc(Cl)c(Cl)c1.[Na+].[OH-]. The molecule has 6 N–H and O–H groups in total. The Morgan fingerprint density at radius 2 is 1.03 bits per heavy atom. The molecule has 0 fully saturated rings. The van der Waals surface area contributed by atoms with Crippen LogP contribution < -0.4 is 40.2 Å². The molecule has 0 bridgehead atoms. The number of hydrogen-bond donors (Lipinski definition) is 5. The molecule has 6 rings (SSSR count). The van der Waals surface area contributed by atoms with Gasteiger partial charge in [0.05, 0.1) is 49.9 Å². The van der Waals surface area contributed by atoms with Crippen LogP contribution in [0, 0.1) is 11.8 Å². The Balaban J connectivity index is 0.000000321. The maximum Gasteiger partial charge on any atom is 1.00 e. The number of nitrogens with one attached hydrogen (secondary N) is 2. The molecule has 20 heteroatoms. The second-order valence-electron chi connectivity index (χ2n) is 12.9. The Labute approximate surface area is 406 Å². The van der Waals surface area contributed by atoms with Crippen LogP contribution in [0.4, 0.5) is 10.3 Å². The van der Waals surface area contributed by atoms with Gasteiger partial charge in [-0.25, -0.2) is 19.6 Å². The molecule has 13 nitrogen and oxygen atoms in total. The minimum atomic E-state index is -1.13. The summed E-state index contributed by atoms with van der Waals surface area (Å²) in [5.41, 5.74) is 3.61. The summed E-state index contributed by atoms with van der Waals surface area (Å²) in [6.07, 6.45) is 0.721. The Bertz CT molecular complexity index is 2460. The number of nitrogens with zero attached hydrogens (tertiary/aromatic N) is 2. The number of aromatic carboxylic acids is 1. The molecule has 0 spiro atoms. The van der Waals surface area contributed by atoms with Gasteiger partial charge in [-0.05, 0) is 55.2 Å². The molecule has 0 amide bonds. The first-order chi connectivity index (χ1) is 28.7. The fraction of sp³-hybridized carbons (Fsp3) is 0.190. The number of anilines is 2. The fourth-order valence-electron chi connectivity index (χ4n) is 5.66. The largest absolute Gasteiger partial charge is 1.00 e. The number of halogens is 4. The second-order valence-corrected chi connectivity index (χ2v) is 16.5. The standard InChI is InChI=1S/C22H20Cl2N2O4S.C20H16Cl2N2O4S.Na.H2O/c1-2-30-21(29)19-18(14-8-9-16(23)17(24)11-14)26-22(31-19)25-12-15(20(27)28)10-13-6-4-3-5-7-13;21-14-7-6-12(9-15(14)22)16-17(19(27)28)29-20(24-16)23-10-13(18(25)26)8-11-4-2-1-3-5-11;;/h3-9,11,15H,2,10,12H2,1H3,(H,25,26)(H,27,28);1-7,9,13H,8,10H2,(H,23,24)(H,25,26)(H,27,28);;1H2/q;;+1;/p-1. The van der Waals surface area contributed by atoms with E-state index >= 15 is 0 Å². The zero-order valence-electron chi connectivity index (χ0n) is 33.0. The van der Waals surface area contributed by atoms with E-state index in [0.717, 1.165) is 33.8 Å². The first-order valence-electron chi connectivity index (χ1n) is 18.1. The smallest absolute Gasteiger partial charge is 0.870 e. The molecule has 320 valence electrons. The molecular formula is C42H37Cl4N4NaO9S2. The number of carbonyl (C=O) groups is 4. The van der Waals surface area contributed by atoms with Gasteiger partial charge in [0.1, 0.15) is 9.75 Å². The predicted octanol–water partition coefficient (Wildman–Crippen LogP) is 7.65. The average Bonchev–Trinajstić information content (AvgIpc) is 3.87. The number of hydrogen-bond acceptors (Lipinski definition) is 12. The van der Waals surface area contributed by atoms with Crippen LogP contribution in [0.25, 0.3) is 22.5 Å². The van der Waals surface area contributed by atoms with Gasteiger partial charge in [0.25, 0.3) is 0 Å². The fourth-order valence-corrected chi connectivity index (χ4v) is 7.98. The number of carbonyl (C=O) groups excluding carboxylic acids is 1. The quantitative estimate of drug-likeness (QED) is 0.0439. The van der Waals surface area contributed by atoms with E-state index in [0.29, 0.717) is 59.9 Å². The monoisotopic (exact) mass is 968 g/mol. The van der Waals surface area contributed by atoms with Gasteiger partial charge in [0, 0.05) is 24.2 Å². The number of aromatic nitrogens is 2. The van der Waals surface area contributed by atoms with Crippen molar-refractivity contribution >= 4 is 103 Å². The Morgan fingerprint density at radius 3 is 1.40 bits per heavy atom. The van der Waals surface area contributed by atoms with Crippen molar-refractivity contribution in [3.63, 3.8) is 0 Å². The van der Waals surface area contributed by atoms with Gasteiger partial charge in [-0.2, -0.15) is 0 Å². The van der Waals surface area contributed by atoms with E-state index in [9.17, 15) is 34.5 Å². The van der Waals surface area contributed by atoms with Crippen LogP contribution in [-0.2, 0) is 27.2 Å². The molecule has 2 aromatic heterocycles. The van der Waals surface area contributed by atoms with Gasteiger partial charge in [-0.15, -0.1) is 0 Å². The number of thiazole rings is 2. The number of aliphatic carboxylic acids is 2. The van der Waals surface area contributed by atoms with E-state index < -0.39 is 35.7 Å². The van der Waals surface area contributed by atoms with Crippen LogP contribution in [0.15, 0.2) is 97.1 Å². The van der Waals surface area contributed by atoms with Crippen LogP contribution in [0.5, 0.6) is 0 Å². The minimum Gasteiger partial charge on any atom is -0.870 e. The van der Waals surface area contributed by atoms with Crippen molar-refractivity contribution in [2.45, 2.75) is 19.8 Å². The zero-order chi connectivity index (χ0) is 43.3. The molecule has 0 aliphatic rings. The Kier molecular flexibility index (Phi) is 21.1. The number of rotatable bonds is 17. The molecule has 0 aliphatic heterocycles. The maximum absolute atomic E-state index is 12.5. The molecule has 0 saturated carbocycles. The summed E-state index contributed by atoms with van der Waals surface area (Å²) >= 11 is 26.1. The van der Waals surface area contributed by atoms with E-state index in [-0.39, 0.29) is 70.3 Å². The van der Waals surface area contributed by atoms with E-state index in [2.05, 4.69) is 20.6 Å². The topological polar surface area (TPSA) is 218 Å². The van der Waals surface area contributed by atoms with Gasteiger partial charge in [0.2, 0.25) is 0 Å². The molecule has 0 saturated heterocycles. The van der Waals surface area contributed by atoms with Crippen LogP contribution in [0.3, 0.4) is 0 Å². The Hall–Kier alpha value is -4.26. The van der Waals surface area contributed by atoms with E-state index in [1.165, 1.54) is 0 Å². The molecule has 6 aromatic rings. The number of esters is 1. The number of carboxylic acids is 3. The summed E-state index contributed by atoms with van der Waals surface area (Å²) in [4.78, 5) is 56.6. The molecule has 62 heavy (non-hydrogen) atoms. The van der Waals surface area contributed by atoms with Crippen molar-refractivity contribution < 1.29 is 74.3 Å². The maximum atomic E-state index is 12.5. The van der Waals surface area contributed by atoms with E-state index in [1.807, 2.05) is 60.7 Å². The number of ether oxygens (including phenoxy) is 1. The summed E-state index contributed by atoms with van der Waals surface area (Å²) in [7, 11) is 0. The summed E-state index contributed by atoms with van der Waals surface area (Å²) in [6.45, 7) is 2.20. The first kappa shape index (κ1) is 52.1. The van der Waals surface area contributed by atoms with Crippen molar-refractivity contribution in [2.75, 3.05) is 30.3 Å². The number of carboxylic acid groups (broad SMARTS) is 3. The Morgan fingerprint density at radius 1 is 0.629 bits per heavy atom. The molecule has 0 aliphatic carbocycles. The van der Waals surface area contributed by atoms with E-state index in [4.69, 9.17) is 51.1 Å². The molecule has 2 heterocycles. The minimum absolute atomic E-state index is 0. The predicted molar refractivity (Wildman–Crippen MR) is 240 cm³/mol. The third-order valence-electron chi connectivity index (χ3n) is 8.64. The second kappa shape index (κ2) is 25.1. The summed E-state index contributed by atoms with van der Waals surface area (Å²) in [5, 5.41) is 36.8. The van der Waals surface area contributed by atoms with Crippen molar-refractivity contribution in [3.05, 3.63) is 138 Å². The van der Waals surface area contributed by atoms with Gasteiger partial charge in [-0.3, -0.25) is 9.59 Å². The normalized spacial score (nSPS) is 11.4. The van der Waals surface area contributed by atoms with Gasteiger partial charge < -0.3 is 36.2 Å². The van der Waals surface area contributed by atoms with Gasteiger partial charge >= 0.3 is 53.4 Å². The van der Waals surface area contributed by atoms with Crippen LogP contribution in [0.2, 0.25) is 20.1 Å². The van der Waals surface area contributed by atoms with Crippen LogP contribution in [-0.4, -0.2) is 74.3 Å². The summed E-state index contributed by atoms with van der Waals surface area (Å²) < 4.78 is 5.15. The molecule has 2 atom stereocenters. The van der Waals surface area contributed by atoms with Crippen molar-refractivity contribution in [3.8, 4) is 22.5 Å². The van der Waals surface area contributed by atoms with E-state index in [1.54, 1.807) is 43.3 Å². The van der Waals surface area contributed by atoms with Crippen molar-refractivity contribution in [2.24, 2.45) is 11.8 Å². The van der Waals surface area contributed by atoms with Gasteiger partial charge in [0.15, 0.2) is 10.3 Å². The molecule has 4 aromatic carbocycles. The first-order valence-corrected chi connectivity index (χ1v) is 21.2. The average molecular weight is 971 g/mol. The third kappa shape index (κ3) is 14.7. The third-order valence-corrected chi connectivity index (χ3v) is 12.1. The molecule has 0 radical (unpaired) electrons. The van der Waals surface area contributed by atoms with Crippen LogP contribution >= 0.6 is 69.1 Å². The van der Waals surface area contributed by atoms with Crippen molar-refractivity contribution in [1.29, 1.82) is 0 Å². The zero-order valence-corrected chi connectivity index (χ0v) is 39.6. The molecule has 2 unspecified atom stereocenters. The van der Waals surface area contributed by atoms with Crippen LogP contribution in [0.1, 0.15) is 37.4 Å².